The molecule has 18 heavy (non-hydrogen) atoms. The molecular weight excluding hydrogens is 220 g/mol. The van der Waals surface area contributed by atoms with E-state index < -0.39 is 0 Å². The van der Waals surface area contributed by atoms with E-state index in [1.54, 1.807) is 6.07 Å². The van der Waals surface area contributed by atoms with Crippen LogP contribution in [0, 0.1) is 6.92 Å². The van der Waals surface area contributed by atoms with Gasteiger partial charge in [0.2, 0.25) is 0 Å². The molecule has 0 radical (unpaired) electrons. The fraction of sp³-hybridized carbons (Fsp3) is 0.176. The van der Waals surface area contributed by atoms with Crippen molar-refractivity contribution in [1.29, 1.82) is 0 Å². The summed E-state index contributed by atoms with van der Waals surface area (Å²) in [7, 11) is 0. The third-order valence-electron chi connectivity index (χ3n) is 2.98. The molecule has 0 heterocycles. The summed E-state index contributed by atoms with van der Waals surface area (Å²) in [6.07, 6.45) is 0. The van der Waals surface area contributed by atoms with E-state index in [0.29, 0.717) is 5.75 Å². The molecule has 0 amide bonds. The quantitative estimate of drug-likeness (QED) is 0.814. The molecule has 1 heteroatoms. The molecule has 0 aliphatic rings. The highest BCUT2D eigenvalue weighted by molar-refractivity contribution is 5.84. The zero-order valence-corrected chi connectivity index (χ0v) is 11.1. The number of aryl methyl sites for hydroxylation is 1. The van der Waals surface area contributed by atoms with E-state index in [9.17, 15) is 5.11 Å². The summed E-state index contributed by atoms with van der Waals surface area (Å²) in [5, 5.41) is 10.1. The molecule has 92 valence electrons. The second-order valence-corrected chi connectivity index (χ2v) is 4.76. The van der Waals surface area contributed by atoms with Gasteiger partial charge in [0.05, 0.1) is 0 Å². The van der Waals surface area contributed by atoms with Crippen LogP contribution in [0.2, 0.25) is 0 Å². The monoisotopic (exact) mass is 238 g/mol. The zero-order valence-electron chi connectivity index (χ0n) is 11.1. The minimum absolute atomic E-state index is 0.334. The lowest BCUT2D eigenvalue weighted by molar-refractivity contribution is 0.473. The maximum absolute atomic E-state index is 10.1. The fourth-order valence-electron chi connectivity index (χ4n) is 2.17. The van der Waals surface area contributed by atoms with E-state index in [-0.39, 0.29) is 0 Å². The molecule has 2 rings (SSSR count). The summed E-state index contributed by atoms with van der Waals surface area (Å²) in [6.45, 7) is 6.19. The van der Waals surface area contributed by atoms with E-state index in [1.807, 2.05) is 37.3 Å². The van der Waals surface area contributed by atoms with Crippen molar-refractivity contribution in [2.45, 2.75) is 20.8 Å². The van der Waals surface area contributed by atoms with Gasteiger partial charge >= 0.3 is 0 Å². The smallest absolute Gasteiger partial charge is 0.123 e. The topological polar surface area (TPSA) is 20.2 Å². The number of hydrogen-bond donors (Lipinski definition) is 1. The molecule has 0 unspecified atom stereocenters. The van der Waals surface area contributed by atoms with Crippen molar-refractivity contribution >= 4 is 5.57 Å². The van der Waals surface area contributed by atoms with Crippen LogP contribution in [0.1, 0.15) is 30.5 Å². The summed E-state index contributed by atoms with van der Waals surface area (Å²) in [5.41, 5.74) is 5.50. The Kier molecular flexibility index (Phi) is 3.52. The van der Waals surface area contributed by atoms with Gasteiger partial charge in [0.15, 0.2) is 0 Å². The third-order valence-corrected chi connectivity index (χ3v) is 2.98. The van der Waals surface area contributed by atoms with Crippen LogP contribution in [-0.2, 0) is 0 Å². The molecule has 0 saturated carbocycles. The average molecular weight is 238 g/mol. The molecule has 0 aliphatic heterocycles. The molecule has 0 bridgehead atoms. The van der Waals surface area contributed by atoms with Gasteiger partial charge in [-0.05, 0) is 44.0 Å². The van der Waals surface area contributed by atoms with Crippen molar-refractivity contribution in [3.8, 4) is 5.75 Å². The van der Waals surface area contributed by atoms with Crippen molar-refractivity contribution < 1.29 is 5.11 Å². The molecular formula is C17H18O. The summed E-state index contributed by atoms with van der Waals surface area (Å²) in [4.78, 5) is 0. The molecule has 0 aliphatic carbocycles. The average Bonchev–Trinajstić information content (AvgIpc) is 2.35. The highest BCUT2D eigenvalue weighted by Crippen LogP contribution is 2.33. The van der Waals surface area contributed by atoms with Gasteiger partial charge in [-0.3, -0.25) is 0 Å². The van der Waals surface area contributed by atoms with Gasteiger partial charge in [0.25, 0.3) is 0 Å². The SMILES string of the molecule is CC(C)=C(c1ccccc1)c1cc(C)ccc1O. The van der Waals surface area contributed by atoms with Crippen molar-refractivity contribution in [2.75, 3.05) is 0 Å². The predicted octanol–water partition coefficient (Wildman–Crippen LogP) is 4.54. The first-order valence-electron chi connectivity index (χ1n) is 6.12. The molecule has 0 aromatic heterocycles. The Morgan fingerprint density at radius 1 is 0.944 bits per heavy atom. The number of phenolic OH excluding ortho intramolecular Hbond substituents is 1. The molecule has 2 aromatic carbocycles. The summed E-state index contributed by atoms with van der Waals surface area (Å²) >= 11 is 0. The first kappa shape index (κ1) is 12.4. The van der Waals surface area contributed by atoms with E-state index >= 15 is 0 Å². The maximum atomic E-state index is 10.1. The van der Waals surface area contributed by atoms with Crippen LogP contribution in [0.25, 0.3) is 5.57 Å². The highest BCUT2D eigenvalue weighted by Gasteiger charge is 2.11. The van der Waals surface area contributed by atoms with Crippen molar-refractivity contribution in [3.63, 3.8) is 0 Å². The van der Waals surface area contributed by atoms with Gasteiger partial charge in [-0.25, -0.2) is 0 Å². The first-order chi connectivity index (χ1) is 8.59. The first-order valence-corrected chi connectivity index (χ1v) is 6.12. The van der Waals surface area contributed by atoms with Crippen LogP contribution in [0.5, 0.6) is 5.75 Å². The molecule has 1 nitrogen and oxygen atoms in total. The second-order valence-electron chi connectivity index (χ2n) is 4.76. The Hall–Kier alpha value is -2.02. The maximum Gasteiger partial charge on any atom is 0.123 e. The van der Waals surface area contributed by atoms with Crippen molar-refractivity contribution in [2.24, 2.45) is 0 Å². The van der Waals surface area contributed by atoms with Crippen LogP contribution in [0.15, 0.2) is 54.1 Å². The fourth-order valence-corrected chi connectivity index (χ4v) is 2.17. The van der Waals surface area contributed by atoms with Crippen molar-refractivity contribution in [3.05, 3.63) is 70.8 Å². The van der Waals surface area contributed by atoms with Crippen LogP contribution in [0.4, 0.5) is 0 Å². The number of hydrogen-bond acceptors (Lipinski definition) is 1. The van der Waals surface area contributed by atoms with Gasteiger partial charge in [-0.1, -0.05) is 47.5 Å². The molecule has 0 fully saturated rings. The lowest BCUT2D eigenvalue weighted by Gasteiger charge is -2.13. The van der Waals surface area contributed by atoms with Gasteiger partial charge in [-0.15, -0.1) is 0 Å². The highest BCUT2D eigenvalue weighted by atomic mass is 16.3. The Balaban J connectivity index is 2.65. The largest absolute Gasteiger partial charge is 0.507 e. The number of phenols is 1. The number of allylic oxidation sites excluding steroid dienone is 1. The Bertz CT molecular complexity index is 576. The lowest BCUT2D eigenvalue weighted by atomic mass is 9.92. The zero-order chi connectivity index (χ0) is 13.1. The molecule has 2 aromatic rings. The molecule has 0 atom stereocenters. The lowest BCUT2D eigenvalue weighted by Crippen LogP contribution is -1.92. The van der Waals surface area contributed by atoms with E-state index in [2.05, 4.69) is 26.0 Å². The van der Waals surface area contributed by atoms with Crippen LogP contribution in [0.3, 0.4) is 0 Å². The van der Waals surface area contributed by atoms with Gasteiger partial charge in [0.1, 0.15) is 5.75 Å². The molecule has 0 spiro atoms. The van der Waals surface area contributed by atoms with E-state index in [1.165, 1.54) is 5.57 Å². The summed E-state index contributed by atoms with van der Waals surface area (Å²) < 4.78 is 0. The summed E-state index contributed by atoms with van der Waals surface area (Å²) in [5.74, 6) is 0.334. The van der Waals surface area contributed by atoms with Crippen LogP contribution < -0.4 is 0 Å². The Morgan fingerprint density at radius 2 is 1.61 bits per heavy atom. The van der Waals surface area contributed by atoms with Gasteiger partial charge < -0.3 is 5.11 Å². The number of aromatic hydroxyl groups is 1. The van der Waals surface area contributed by atoms with Gasteiger partial charge in [0, 0.05) is 5.56 Å². The minimum Gasteiger partial charge on any atom is -0.507 e. The number of benzene rings is 2. The van der Waals surface area contributed by atoms with E-state index in [4.69, 9.17) is 0 Å². The van der Waals surface area contributed by atoms with Crippen LogP contribution >= 0.6 is 0 Å². The Morgan fingerprint density at radius 3 is 2.22 bits per heavy atom. The minimum atomic E-state index is 0.334. The van der Waals surface area contributed by atoms with Crippen LogP contribution in [-0.4, -0.2) is 5.11 Å². The van der Waals surface area contributed by atoms with Gasteiger partial charge in [-0.2, -0.15) is 0 Å². The Labute approximate surface area is 108 Å². The normalized spacial score (nSPS) is 10.2. The van der Waals surface area contributed by atoms with E-state index in [0.717, 1.165) is 22.3 Å². The van der Waals surface area contributed by atoms with Crippen molar-refractivity contribution in [1.82, 2.24) is 0 Å². The molecule has 0 saturated heterocycles. The third kappa shape index (κ3) is 2.45. The predicted molar refractivity (Wildman–Crippen MR) is 76.7 cm³/mol. The second kappa shape index (κ2) is 5.09. The summed E-state index contributed by atoms with van der Waals surface area (Å²) in [6, 6.07) is 15.9. The molecule has 1 N–H and O–H groups in total. The number of rotatable bonds is 2. The standard InChI is InChI=1S/C17H18O/c1-12(2)17(14-7-5-4-6-8-14)15-11-13(3)9-10-16(15)18/h4-11,18H,1-3H3.